The molecule has 0 aliphatic rings. The maximum Gasteiger partial charge on any atom is 0.227 e. The standard InChI is InChI=1S/C23H22N2O4/c1-29-22-12-5-2-9-18(22)20(26)13-14-23(28)25(16-17-8-6-7-15-24-17)19-10-3-4-11-21(19)27/h2-12,15,27H,13-14,16H2,1H3. The molecule has 1 aromatic heterocycles. The molecule has 1 heterocycles. The molecule has 0 fully saturated rings. The molecule has 2 aromatic carbocycles. The number of ketones is 1. The zero-order valence-electron chi connectivity index (χ0n) is 16.1. The number of carbonyl (C=O) groups excluding carboxylic acids is 2. The minimum absolute atomic E-state index is 0.00193. The van der Waals surface area contributed by atoms with Gasteiger partial charge in [-0.2, -0.15) is 0 Å². The van der Waals surface area contributed by atoms with Crippen LogP contribution in [0.4, 0.5) is 5.69 Å². The van der Waals surface area contributed by atoms with E-state index in [2.05, 4.69) is 4.98 Å². The fraction of sp³-hybridized carbons (Fsp3) is 0.174. The Morgan fingerprint density at radius 2 is 1.69 bits per heavy atom. The van der Waals surface area contributed by atoms with Crippen molar-refractivity contribution in [3.05, 3.63) is 84.2 Å². The lowest BCUT2D eigenvalue weighted by atomic mass is 10.0. The summed E-state index contributed by atoms with van der Waals surface area (Å²) in [4.78, 5) is 31.3. The van der Waals surface area contributed by atoms with Crippen LogP contribution in [-0.2, 0) is 11.3 Å². The number of methoxy groups -OCH3 is 1. The van der Waals surface area contributed by atoms with E-state index in [0.29, 0.717) is 22.7 Å². The Hall–Kier alpha value is -3.67. The van der Waals surface area contributed by atoms with E-state index >= 15 is 0 Å². The lowest BCUT2D eigenvalue weighted by Crippen LogP contribution is -2.31. The van der Waals surface area contributed by atoms with E-state index in [1.807, 2.05) is 6.07 Å². The highest BCUT2D eigenvalue weighted by Crippen LogP contribution is 2.29. The van der Waals surface area contributed by atoms with Crippen LogP contribution in [0.3, 0.4) is 0 Å². The van der Waals surface area contributed by atoms with E-state index in [1.54, 1.807) is 60.8 Å². The molecule has 0 radical (unpaired) electrons. The van der Waals surface area contributed by atoms with E-state index in [-0.39, 0.29) is 36.8 Å². The lowest BCUT2D eigenvalue weighted by molar-refractivity contribution is -0.118. The molecule has 148 valence electrons. The summed E-state index contributed by atoms with van der Waals surface area (Å²) in [5, 5.41) is 10.2. The first-order valence-electron chi connectivity index (χ1n) is 9.24. The highest BCUT2D eigenvalue weighted by atomic mass is 16.5. The first kappa shape index (κ1) is 20.1. The number of hydrogen-bond acceptors (Lipinski definition) is 5. The topological polar surface area (TPSA) is 79.7 Å². The lowest BCUT2D eigenvalue weighted by Gasteiger charge is -2.23. The van der Waals surface area contributed by atoms with Crippen LogP contribution in [0.15, 0.2) is 72.9 Å². The SMILES string of the molecule is COc1ccccc1C(=O)CCC(=O)N(Cc1ccccn1)c1ccccc1O. The van der Waals surface area contributed by atoms with Crippen molar-refractivity contribution in [3.63, 3.8) is 0 Å². The van der Waals surface area contributed by atoms with Gasteiger partial charge in [-0.15, -0.1) is 0 Å². The van der Waals surface area contributed by atoms with Gasteiger partial charge in [-0.25, -0.2) is 0 Å². The van der Waals surface area contributed by atoms with Crippen molar-refractivity contribution in [2.45, 2.75) is 19.4 Å². The number of para-hydroxylation sites is 3. The summed E-state index contributed by atoms with van der Waals surface area (Å²) in [6, 6.07) is 19.0. The Labute approximate surface area is 169 Å². The van der Waals surface area contributed by atoms with Gasteiger partial charge >= 0.3 is 0 Å². The number of rotatable bonds is 8. The molecule has 0 atom stereocenters. The van der Waals surface area contributed by atoms with E-state index < -0.39 is 0 Å². The molecule has 0 spiro atoms. The number of ether oxygens (including phenoxy) is 1. The number of hydrogen-bond donors (Lipinski definition) is 1. The monoisotopic (exact) mass is 390 g/mol. The largest absolute Gasteiger partial charge is 0.506 e. The maximum atomic E-state index is 13.0. The van der Waals surface area contributed by atoms with Crippen molar-refractivity contribution < 1.29 is 19.4 Å². The molecule has 1 amide bonds. The van der Waals surface area contributed by atoms with Gasteiger partial charge in [0.15, 0.2) is 5.78 Å². The molecule has 3 rings (SSSR count). The van der Waals surface area contributed by atoms with Crippen LogP contribution < -0.4 is 9.64 Å². The summed E-state index contributed by atoms with van der Waals surface area (Å²) in [7, 11) is 1.50. The molecule has 3 aromatic rings. The number of aromatic nitrogens is 1. The molecule has 0 bridgehead atoms. The second-order valence-corrected chi connectivity index (χ2v) is 6.41. The molecule has 0 saturated heterocycles. The summed E-state index contributed by atoms with van der Waals surface area (Å²) < 4.78 is 5.23. The Morgan fingerprint density at radius 1 is 0.966 bits per heavy atom. The first-order valence-corrected chi connectivity index (χ1v) is 9.24. The highest BCUT2D eigenvalue weighted by Gasteiger charge is 2.21. The molecule has 0 aliphatic heterocycles. The van der Waals surface area contributed by atoms with Gasteiger partial charge in [0.25, 0.3) is 0 Å². The number of phenols is 1. The van der Waals surface area contributed by atoms with Gasteiger partial charge < -0.3 is 14.7 Å². The van der Waals surface area contributed by atoms with Gasteiger partial charge in [0.05, 0.1) is 30.6 Å². The quantitative estimate of drug-likeness (QED) is 0.588. The number of phenolic OH excluding ortho intramolecular Hbond substituents is 1. The van der Waals surface area contributed by atoms with Crippen LogP contribution in [0, 0.1) is 0 Å². The van der Waals surface area contributed by atoms with Gasteiger partial charge in [-0.05, 0) is 36.4 Å². The number of anilines is 1. The summed E-state index contributed by atoms with van der Waals surface area (Å²) in [6.07, 6.45) is 1.68. The van der Waals surface area contributed by atoms with Gasteiger partial charge in [-0.1, -0.05) is 30.3 Å². The number of Topliss-reactive ketones (excluding diaryl/α,β-unsaturated/α-hetero) is 1. The fourth-order valence-corrected chi connectivity index (χ4v) is 3.02. The Bertz CT molecular complexity index is 989. The number of benzene rings is 2. The van der Waals surface area contributed by atoms with Gasteiger partial charge in [0, 0.05) is 19.0 Å². The maximum absolute atomic E-state index is 13.0. The number of carbonyl (C=O) groups is 2. The number of nitrogens with zero attached hydrogens (tertiary/aromatic N) is 2. The molecule has 0 saturated carbocycles. The molecule has 0 unspecified atom stereocenters. The summed E-state index contributed by atoms with van der Waals surface area (Å²) in [6.45, 7) is 0.195. The summed E-state index contributed by atoms with van der Waals surface area (Å²) >= 11 is 0. The normalized spacial score (nSPS) is 10.4. The minimum atomic E-state index is -0.277. The van der Waals surface area contributed by atoms with Gasteiger partial charge in [-0.3, -0.25) is 14.6 Å². The zero-order chi connectivity index (χ0) is 20.6. The van der Waals surface area contributed by atoms with Crippen LogP contribution in [0.2, 0.25) is 0 Å². The fourth-order valence-electron chi connectivity index (χ4n) is 3.02. The van der Waals surface area contributed by atoms with E-state index in [0.717, 1.165) is 0 Å². The number of amides is 1. The first-order chi connectivity index (χ1) is 14.1. The molecular formula is C23H22N2O4. The van der Waals surface area contributed by atoms with Crippen molar-refractivity contribution in [2.24, 2.45) is 0 Å². The second kappa shape index (κ2) is 9.50. The molecule has 1 N–H and O–H groups in total. The van der Waals surface area contributed by atoms with E-state index in [9.17, 15) is 14.7 Å². The van der Waals surface area contributed by atoms with E-state index in [1.165, 1.54) is 18.1 Å². The third kappa shape index (κ3) is 4.99. The van der Waals surface area contributed by atoms with Crippen molar-refractivity contribution >= 4 is 17.4 Å². The summed E-state index contributed by atoms with van der Waals surface area (Å²) in [5.74, 6) is 0.0232. The smallest absolute Gasteiger partial charge is 0.227 e. The Balaban J connectivity index is 1.78. The predicted molar refractivity (Wildman–Crippen MR) is 110 cm³/mol. The highest BCUT2D eigenvalue weighted by molar-refractivity contribution is 6.02. The number of aromatic hydroxyl groups is 1. The van der Waals surface area contributed by atoms with Crippen LogP contribution in [0.5, 0.6) is 11.5 Å². The van der Waals surface area contributed by atoms with Gasteiger partial charge in [0.1, 0.15) is 11.5 Å². The second-order valence-electron chi connectivity index (χ2n) is 6.41. The molecule has 0 aliphatic carbocycles. The third-order valence-corrected chi connectivity index (χ3v) is 4.49. The van der Waals surface area contributed by atoms with Crippen molar-refractivity contribution in [1.82, 2.24) is 4.98 Å². The zero-order valence-corrected chi connectivity index (χ0v) is 16.1. The molecule has 29 heavy (non-hydrogen) atoms. The average Bonchev–Trinajstić information content (AvgIpc) is 2.77. The molecular weight excluding hydrogens is 368 g/mol. The molecule has 6 nitrogen and oxygen atoms in total. The van der Waals surface area contributed by atoms with Crippen LogP contribution in [0.1, 0.15) is 28.9 Å². The third-order valence-electron chi connectivity index (χ3n) is 4.49. The van der Waals surface area contributed by atoms with Gasteiger partial charge in [0.2, 0.25) is 5.91 Å². The van der Waals surface area contributed by atoms with Crippen LogP contribution in [0.25, 0.3) is 0 Å². The Kier molecular flexibility index (Phi) is 6.58. The average molecular weight is 390 g/mol. The minimum Gasteiger partial charge on any atom is -0.506 e. The Morgan fingerprint density at radius 3 is 2.41 bits per heavy atom. The summed E-state index contributed by atoms with van der Waals surface area (Å²) in [5.41, 5.74) is 1.51. The van der Waals surface area contributed by atoms with Crippen molar-refractivity contribution in [1.29, 1.82) is 0 Å². The van der Waals surface area contributed by atoms with E-state index in [4.69, 9.17) is 4.74 Å². The van der Waals surface area contributed by atoms with Crippen LogP contribution in [-0.4, -0.2) is 28.9 Å². The van der Waals surface area contributed by atoms with Crippen molar-refractivity contribution in [2.75, 3.05) is 12.0 Å². The molecule has 6 heteroatoms. The number of pyridine rings is 1. The van der Waals surface area contributed by atoms with Crippen molar-refractivity contribution in [3.8, 4) is 11.5 Å². The predicted octanol–water partition coefficient (Wildman–Crippen LogP) is 3.99. The van der Waals surface area contributed by atoms with Crippen LogP contribution >= 0.6 is 0 Å².